The van der Waals surface area contributed by atoms with Crippen molar-refractivity contribution in [2.45, 2.75) is 13.0 Å². The summed E-state index contributed by atoms with van der Waals surface area (Å²) < 4.78 is 44.5. The highest BCUT2D eigenvalue weighted by Gasteiger charge is 2.21. The monoisotopic (exact) mass is 323 g/mol. The van der Waals surface area contributed by atoms with Gasteiger partial charge in [-0.15, -0.1) is 0 Å². The Bertz CT molecular complexity index is 749. The Labute approximate surface area is 129 Å². The standard InChI is InChI=1S/C16H12F3NO3/c1-9(23-16(22)11-4-2-3-5-12(11)18)15(21)20-14-7-6-10(17)8-13(14)19/h2-9H,1H3,(H,20,21)/t9-/m1/s1. The van der Waals surface area contributed by atoms with E-state index in [1.807, 2.05) is 0 Å². The zero-order chi connectivity index (χ0) is 17.0. The van der Waals surface area contributed by atoms with E-state index in [0.717, 1.165) is 18.2 Å². The average molecular weight is 323 g/mol. The van der Waals surface area contributed by atoms with E-state index in [0.29, 0.717) is 6.07 Å². The van der Waals surface area contributed by atoms with Gasteiger partial charge in [-0.05, 0) is 31.2 Å². The van der Waals surface area contributed by atoms with Crippen LogP contribution in [0.25, 0.3) is 0 Å². The third kappa shape index (κ3) is 4.09. The Hall–Kier alpha value is -2.83. The van der Waals surface area contributed by atoms with Crippen molar-refractivity contribution in [3.8, 4) is 0 Å². The summed E-state index contributed by atoms with van der Waals surface area (Å²) in [7, 11) is 0. The SMILES string of the molecule is C[C@@H](OC(=O)c1ccccc1F)C(=O)Nc1ccc(F)cc1F. The lowest BCUT2D eigenvalue weighted by atomic mass is 10.2. The van der Waals surface area contributed by atoms with Crippen LogP contribution in [-0.2, 0) is 9.53 Å². The number of nitrogens with one attached hydrogen (secondary N) is 1. The highest BCUT2D eigenvalue weighted by molar-refractivity contribution is 5.97. The topological polar surface area (TPSA) is 55.4 Å². The minimum atomic E-state index is -1.30. The number of benzene rings is 2. The number of carbonyl (C=O) groups is 2. The second-order valence-corrected chi connectivity index (χ2v) is 4.64. The Balaban J connectivity index is 2.03. The van der Waals surface area contributed by atoms with Gasteiger partial charge in [-0.2, -0.15) is 0 Å². The summed E-state index contributed by atoms with van der Waals surface area (Å²) >= 11 is 0. The van der Waals surface area contributed by atoms with Crippen LogP contribution in [0, 0.1) is 17.5 Å². The molecule has 0 heterocycles. The first-order valence-corrected chi connectivity index (χ1v) is 6.60. The molecular formula is C16H12F3NO3. The summed E-state index contributed by atoms with van der Waals surface area (Å²) in [5.74, 6) is -4.40. The molecule has 120 valence electrons. The van der Waals surface area contributed by atoms with Crippen molar-refractivity contribution in [1.82, 2.24) is 0 Å². The van der Waals surface area contributed by atoms with Crippen molar-refractivity contribution in [3.63, 3.8) is 0 Å². The van der Waals surface area contributed by atoms with Crippen LogP contribution in [0.5, 0.6) is 0 Å². The van der Waals surface area contributed by atoms with Gasteiger partial charge in [0.05, 0.1) is 11.3 Å². The number of anilines is 1. The third-order valence-electron chi connectivity index (χ3n) is 2.94. The van der Waals surface area contributed by atoms with E-state index in [1.54, 1.807) is 0 Å². The van der Waals surface area contributed by atoms with E-state index in [4.69, 9.17) is 4.74 Å². The Morgan fingerprint density at radius 3 is 2.39 bits per heavy atom. The molecule has 0 radical (unpaired) electrons. The largest absolute Gasteiger partial charge is 0.449 e. The van der Waals surface area contributed by atoms with E-state index in [-0.39, 0.29) is 11.3 Å². The summed E-state index contributed by atoms with van der Waals surface area (Å²) in [6, 6.07) is 7.74. The summed E-state index contributed by atoms with van der Waals surface area (Å²) in [5, 5.41) is 2.16. The van der Waals surface area contributed by atoms with E-state index in [9.17, 15) is 22.8 Å². The molecule has 0 bridgehead atoms. The van der Waals surface area contributed by atoms with Gasteiger partial charge in [0.2, 0.25) is 0 Å². The van der Waals surface area contributed by atoms with Crippen LogP contribution in [0.15, 0.2) is 42.5 Å². The maximum atomic E-state index is 13.4. The normalized spacial score (nSPS) is 11.7. The average Bonchev–Trinajstić information content (AvgIpc) is 2.50. The zero-order valence-electron chi connectivity index (χ0n) is 12.0. The van der Waals surface area contributed by atoms with Crippen LogP contribution in [0.3, 0.4) is 0 Å². The summed E-state index contributed by atoms with van der Waals surface area (Å²) in [6.45, 7) is 1.25. The maximum Gasteiger partial charge on any atom is 0.341 e. The van der Waals surface area contributed by atoms with Crippen molar-refractivity contribution in [1.29, 1.82) is 0 Å². The molecule has 7 heteroatoms. The number of hydrogen-bond acceptors (Lipinski definition) is 3. The molecule has 0 aromatic heterocycles. The van der Waals surface area contributed by atoms with Gasteiger partial charge in [0.1, 0.15) is 17.5 Å². The van der Waals surface area contributed by atoms with Gasteiger partial charge in [-0.3, -0.25) is 4.79 Å². The molecule has 2 aromatic rings. The van der Waals surface area contributed by atoms with E-state index in [1.165, 1.54) is 25.1 Å². The number of halogens is 3. The van der Waals surface area contributed by atoms with Crippen LogP contribution in [-0.4, -0.2) is 18.0 Å². The first kappa shape index (κ1) is 16.5. The molecule has 0 aliphatic heterocycles. The van der Waals surface area contributed by atoms with Crippen LogP contribution < -0.4 is 5.32 Å². The lowest BCUT2D eigenvalue weighted by Crippen LogP contribution is -2.30. The quantitative estimate of drug-likeness (QED) is 0.879. The van der Waals surface area contributed by atoms with Crippen LogP contribution >= 0.6 is 0 Å². The molecule has 1 N–H and O–H groups in total. The van der Waals surface area contributed by atoms with Crippen LogP contribution in [0.2, 0.25) is 0 Å². The molecule has 1 atom stereocenters. The maximum absolute atomic E-state index is 13.4. The molecule has 0 saturated heterocycles. The Morgan fingerprint density at radius 1 is 1.04 bits per heavy atom. The molecule has 2 rings (SSSR count). The number of ether oxygens (including phenoxy) is 1. The van der Waals surface area contributed by atoms with Crippen molar-refractivity contribution in [2.75, 3.05) is 5.32 Å². The van der Waals surface area contributed by atoms with Gasteiger partial charge < -0.3 is 10.1 Å². The fourth-order valence-electron chi connectivity index (χ4n) is 1.73. The van der Waals surface area contributed by atoms with Gasteiger partial charge >= 0.3 is 5.97 Å². The second kappa shape index (κ2) is 6.95. The third-order valence-corrected chi connectivity index (χ3v) is 2.94. The van der Waals surface area contributed by atoms with Crippen LogP contribution in [0.1, 0.15) is 17.3 Å². The molecule has 4 nitrogen and oxygen atoms in total. The summed E-state index contributed by atoms with van der Waals surface area (Å²) in [5.41, 5.74) is -0.578. The molecular weight excluding hydrogens is 311 g/mol. The molecule has 0 spiro atoms. The second-order valence-electron chi connectivity index (χ2n) is 4.64. The van der Waals surface area contributed by atoms with E-state index in [2.05, 4.69) is 5.32 Å². The highest BCUT2D eigenvalue weighted by Crippen LogP contribution is 2.16. The zero-order valence-corrected chi connectivity index (χ0v) is 12.0. The number of rotatable bonds is 4. The number of hydrogen-bond donors (Lipinski definition) is 1. The molecule has 23 heavy (non-hydrogen) atoms. The predicted molar refractivity (Wildman–Crippen MR) is 76.3 cm³/mol. The highest BCUT2D eigenvalue weighted by atomic mass is 19.1. The molecule has 0 unspecified atom stereocenters. The lowest BCUT2D eigenvalue weighted by molar-refractivity contribution is -0.123. The smallest absolute Gasteiger partial charge is 0.341 e. The first-order chi connectivity index (χ1) is 10.9. The molecule has 1 amide bonds. The molecule has 0 aliphatic carbocycles. The first-order valence-electron chi connectivity index (χ1n) is 6.60. The minimum Gasteiger partial charge on any atom is -0.449 e. The number of esters is 1. The molecule has 2 aromatic carbocycles. The minimum absolute atomic E-state index is 0.259. The van der Waals surface area contributed by atoms with Crippen molar-refractivity contribution >= 4 is 17.6 Å². The summed E-state index contributed by atoms with van der Waals surface area (Å²) in [6.07, 6.45) is -1.30. The van der Waals surface area contributed by atoms with Crippen molar-refractivity contribution in [2.24, 2.45) is 0 Å². The van der Waals surface area contributed by atoms with Gasteiger partial charge in [0.15, 0.2) is 6.10 Å². The Morgan fingerprint density at radius 2 is 1.74 bits per heavy atom. The number of amides is 1. The molecule has 0 saturated carbocycles. The van der Waals surface area contributed by atoms with Crippen LogP contribution in [0.4, 0.5) is 18.9 Å². The lowest BCUT2D eigenvalue weighted by Gasteiger charge is -2.14. The van der Waals surface area contributed by atoms with Crippen molar-refractivity contribution in [3.05, 3.63) is 65.5 Å². The predicted octanol–water partition coefficient (Wildman–Crippen LogP) is 3.29. The van der Waals surface area contributed by atoms with Gasteiger partial charge in [0.25, 0.3) is 5.91 Å². The fourth-order valence-corrected chi connectivity index (χ4v) is 1.73. The van der Waals surface area contributed by atoms with Gasteiger partial charge in [0, 0.05) is 6.07 Å². The van der Waals surface area contributed by atoms with Gasteiger partial charge in [-0.25, -0.2) is 18.0 Å². The summed E-state index contributed by atoms with van der Waals surface area (Å²) in [4.78, 5) is 23.6. The Kier molecular flexibility index (Phi) is 5.00. The van der Waals surface area contributed by atoms with E-state index < -0.39 is 35.4 Å². The molecule has 0 fully saturated rings. The number of carbonyl (C=O) groups excluding carboxylic acids is 2. The van der Waals surface area contributed by atoms with Crippen molar-refractivity contribution < 1.29 is 27.5 Å². The fraction of sp³-hybridized carbons (Fsp3) is 0.125. The van der Waals surface area contributed by atoms with E-state index >= 15 is 0 Å². The molecule has 0 aliphatic rings. The van der Waals surface area contributed by atoms with Gasteiger partial charge in [-0.1, -0.05) is 12.1 Å².